The fourth-order valence-corrected chi connectivity index (χ4v) is 3.42. The Morgan fingerprint density at radius 2 is 2.00 bits per heavy atom. The van der Waals surface area contributed by atoms with Crippen LogP contribution < -0.4 is 10.0 Å². The van der Waals surface area contributed by atoms with Crippen molar-refractivity contribution in [2.75, 3.05) is 11.0 Å². The molecule has 0 aliphatic heterocycles. The van der Waals surface area contributed by atoms with Crippen LogP contribution in [0.25, 0.3) is 0 Å². The van der Waals surface area contributed by atoms with Crippen LogP contribution in [0.5, 0.6) is 0 Å². The van der Waals surface area contributed by atoms with E-state index in [4.69, 9.17) is 0 Å². The molecule has 0 saturated carbocycles. The third-order valence-corrected chi connectivity index (χ3v) is 4.73. The molecule has 1 aromatic carbocycles. The molecule has 1 aromatic heterocycles. The molecule has 2 aromatic rings. The van der Waals surface area contributed by atoms with Gasteiger partial charge in [-0.25, -0.2) is 8.42 Å². The van der Waals surface area contributed by atoms with Gasteiger partial charge in [-0.1, -0.05) is 12.1 Å². The van der Waals surface area contributed by atoms with Crippen molar-refractivity contribution in [1.29, 1.82) is 0 Å². The lowest BCUT2D eigenvalue weighted by molar-refractivity contribution is 0.0943. The van der Waals surface area contributed by atoms with Gasteiger partial charge in [-0.05, 0) is 48.6 Å². The monoisotopic (exact) mass is 338 g/mol. The second kappa shape index (κ2) is 6.50. The lowest BCUT2D eigenvalue weighted by Gasteiger charge is -2.15. The quantitative estimate of drug-likeness (QED) is 0.880. The summed E-state index contributed by atoms with van der Waals surface area (Å²) in [6.07, 6.45) is 1.10. The summed E-state index contributed by atoms with van der Waals surface area (Å²) in [5.41, 5.74) is 2.26. The first-order valence-electron chi connectivity index (χ1n) is 6.69. The van der Waals surface area contributed by atoms with E-state index in [2.05, 4.69) is 10.0 Å². The van der Waals surface area contributed by atoms with E-state index in [1.54, 1.807) is 18.2 Å². The number of amides is 1. The molecule has 7 heteroatoms. The average Bonchev–Trinajstić information content (AvgIpc) is 2.83. The van der Waals surface area contributed by atoms with Gasteiger partial charge in [0.1, 0.15) is 0 Å². The van der Waals surface area contributed by atoms with E-state index in [1.165, 1.54) is 11.3 Å². The summed E-state index contributed by atoms with van der Waals surface area (Å²) >= 11 is 1.40. The molecular weight excluding hydrogens is 320 g/mol. The van der Waals surface area contributed by atoms with Crippen molar-refractivity contribution < 1.29 is 13.2 Å². The van der Waals surface area contributed by atoms with Gasteiger partial charge in [0.15, 0.2) is 0 Å². The van der Waals surface area contributed by atoms with Gasteiger partial charge in [0, 0.05) is 5.69 Å². The van der Waals surface area contributed by atoms with Gasteiger partial charge in [0.25, 0.3) is 5.91 Å². The molecule has 2 N–H and O–H groups in total. The maximum Gasteiger partial charge on any atom is 0.262 e. The Morgan fingerprint density at radius 3 is 2.59 bits per heavy atom. The highest BCUT2D eigenvalue weighted by atomic mass is 32.2. The second-order valence-electron chi connectivity index (χ2n) is 5.13. The first-order chi connectivity index (χ1) is 10.3. The summed E-state index contributed by atoms with van der Waals surface area (Å²) in [6, 6.07) is 8.66. The Balaban J connectivity index is 2.13. The standard InChI is InChI=1S/C15H18N2O3S2/c1-10-7-8-21-14(10)15(18)16-11(2)12-5-4-6-13(9-12)17-22(3,19)20/h4-9,11,17H,1-3H3,(H,16,18)/t11-/m1/s1. The minimum atomic E-state index is -3.32. The van der Waals surface area contributed by atoms with Gasteiger partial charge >= 0.3 is 0 Å². The molecule has 0 radical (unpaired) electrons. The van der Waals surface area contributed by atoms with Crippen molar-refractivity contribution in [1.82, 2.24) is 5.32 Å². The van der Waals surface area contributed by atoms with Crippen LogP contribution in [0.4, 0.5) is 5.69 Å². The lowest BCUT2D eigenvalue weighted by atomic mass is 10.1. The van der Waals surface area contributed by atoms with E-state index in [9.17, 15) is 13.2 Å². The van der Waals surface area contributed by atoms with Crippen LogP contribution in [-0.2, 0) is 10.0 Å². The summed E-state index contributed by atoms with van der Waals surface area (Å²) < 4.78 is 25.0. The van der Waals surface area contributed by atoms with E-state index in [-0.39, 0.29) is 11.9 Å². The summed E-state index contributed by atoms with van der Waals surface area (Å²) in [4.78, 5) is 12.9. The number of benzene rings is 1. The highest BCUT2D eigenvalue weighted by molar-refractivity contribution is 7.92. The number of carbonyl (C=O) groups is 1. The van der Waals surface area contributed by atoms with Gasteiger partial charge in [-0.2, -0.15) is 0 Å². The van der Waals surface area contributed by atoms with Gasteiger partial charge in [-0.3, -0.25) is 9.52 Å². The van der Waals surface area contributed by atoms with Crippen LogP contribution in [0.1, 0.15) is 33.8 Å². The maximum atomic E-state index is 12.2. The Kier molecular flexibility index (Phi) is 4.87. The van der Waals surface area contributed by atoms with E-state index in [0.29, 0.717) is 10.6 Å². The molecular formula is C15H18N2O3S2. The largest absolute Gasteiger partial charge is 0.345 e. The minimum Gasteiger partial charge on any atom is -0.345 e. The van der Waals surface area contributed by atoms with Crippen molar-refractivity contribution in [3.63, 3.8) is 0 Å². The average molecular weight is 338 g/mol. The van der Waals surface area contributed by atoms with Gasteiger partial charge in [0.05, 0.1) is 17.2 Å². The number of carbonyl (C=O) groups excluding carboxylic acids is 1. The molecule has 0 unspecified atom stereocenters. The van der Waals surface area contributed by atoms with Gasteiger partial charge < -0.3 is 5.32 Å². The third-order valence-electron chi connectivity index (χ3n) is 3.11. The van der Waals surface area contributed by atoms with Crippen molar-refractivity contribution in [3.05, 3.63) is 51.7 Å². The molecule has 1 heterocycles. The van der Waals surface area contributed by atoms with Gasteiger partial charge in [0.2, 0.25) is 10.0 Å². The number of nitrogens with one attached hydrogen (secondary N) is 2. The summed E-state index contributed by atoms with van der Waals surface area (Å²) in [5, 5.41) is 4.80. The van der Waals surface area contributed by atoms with E-state index >= 15 is 0 Å². The molecule has 118 valence electrons. The predicted molar refractivity (Wildman–Crippen MR) is 89.8 cm³/mol. The van der Waals surface area contributed by atoms with Gasteiger partial charge in [-0.15, -0.1) is 11.3 Å². The minimum absolute atomic E-state index is 0.124. The molecule has 0 aliphatic carbocycles. The second-order valence-corrected chi connectivity index (χ2v) is 7.79. The van der Waals surface area contributed by atoms with E-state index in [1.807, 2.05) is 31.4 Å². The maximum absolute atomic E-state index is 12.2. The summed E-state index contributed by atoms with van der Waals surface area (Å²) in [6.45, 7) is 3.76. The molecule has 0 spiro atoms. The molecule has 0 bridgehead atoms. The van der Waals surface area contributed by atoms with E-state index in [0.717, 1.165) is 17.4 Å². The fraction of sp³-hybridized carbons (Fsp3) is 0.267. The molecule has 2 rings (SSSR count). The molecule has 5 nitrogen and oxygen atoms in total. The van der Waals surface area contributed by atoms with Crippen LogP contribution in [0.3, 0.4) is 0 Å². The van der Waals surface area contributed by atoms with Crippen molar-refractivity contribution >= 4 is 33.0 Å². The zero-order valence-corrected chi connectivity index (χ0v) is 14.2. The molecule has 1 atom stereocenters. The highest BCUT2D eigenvalue weighted by Crippen LogP contribution is 2.20. The Morgan fingerprint density at radius 1 is 1.27 bits per heavy atom. The van der Waals surface area contributed by atoms with E-state index < -0.39 is 10.0 Å². The highest BCUT2D eigenvalue weighted by Gasteiger charge is 2.15. The molecule has 0 aliphatic rings. The number of rotatable bonds is 5. The Labute approximate surface area is 134 Å². The summed E-state index contributed by atoms with van der Waals surface area (Å²) in [5.74, 6) is -0.124. The van der Waals surface area contributed by atoms with Crippen LogP contribution in [0.15, 0.2) is 35.7 Å². The number of aryl methyl sites for hydroxylation is 1. The Bertz CT molecular complexity index is 782. The van der Waals surface area contributed by atoms with Crippen LogP contribution in [0.2, 0.25) is 0 Å². The SMILES string of the molecule is Cc1ccsc1C(=O)N[C@H](C)c1cccc(NS(C)(=O)=O)c1. The van der Waals surface area contributed by atoms with Crippen LogP contribution in [0, 0.1) is 6.92 Å². The zero-order valence-electron chi connectivity index (χ0n) is 12.6. The van der Waals surface area contributed by atoms with Crippen molar-refractivity contribution in [3.8, 4) is 0 Å². The fourth-order valence-electron chi connectivity index (χ4n) is 2.04. The summed E-state index contributed by atoms with van der Waals surface area (Å²) in [7, 11) is -3.32. The number of hydrogen-bond acceptors (Lipinski definition) is 4. The first kappa shape index (κ1) is 16.5. The van der Waals surface area contributed by atoms with Crippen LogP contribution in [-0.4, -0.2) is 20.6 Å². The Hall–Kier alpha value is -1.86. The lowest BCUT2D eigenvalue weighted by Crippen LogP contribution is -2.26. The topological polar surface area (TPSA) is 75.3 Å². The van der Waals surface area contributed by atoms with Crippen molar-refractivity contribution in [2.45, 2.75) is 19.9 Å². The number of hydrogen-bond donors (Lipinski definition) is 2. The van der Waals surface area contributed by atoms with Crippen molar-refractivity contribution in [2.24, 2.45) is 0 Å². The number of sulfonamides is 1. The predicted octanol–water partition coefficient (Wildman–Crippen LogP) is 2.92. The number of thiophene rings is 1. The number of anilines is 1. The normalized spacial score (nSPS) is 12.7. The molecule has 1 amide bonds. The molecule has 0 saturated heterocycles. The zero-order chi connectivity index (χ0) is 16.3. The van der Waals surface area contributed by atoms with Crippen LogP contribution >= 0.6 is 11.3 Å². The first-order valence-corrected chi connectivity index (χ1v) is 9.46. The molecule has 0 fully saturated rings. The molecule has 22 heavy (non-hydrogen) atoms. The smallest absolute Gasteiger partial charge is 0.262 e. The third kappa shape index (κ3) is 4.32.